The molecule has 2 aliphatic rings. The van der Waals surface area contributed by atoms with E-state index in [9.17, 15) is 4.79 Å². The van der Waals surface area contributed by atoms with Gasteiger partial charge in [-0.2, -0.15) is 0 Å². The van der Waals surface area contributed by atoms with Gasteiger partial charge in [0.15, 0.2) is 5.76 Å². The predicted molar refractivity (Wildman–Crippen MR) is 87.8 cm³/mol. The first-order chi connectivity index (χ1) is 11.7. The molecule has 6 nitrogen and oxygen atoms in total. The van der Waals surface area contributed by atoms with Crippen LogP contribution in [0.4, 0.5) is 0 Å². The number of carbonyl (C=O) groups excluding carboxylic acids is 1. The van der Waals surface area contributed by atoms with E-state index in [4.69, 9.17) is 9.15 Å². The summed E-state index contributed by atoms with van der Waals surface area (Å²) in [5, 5.41) is 0. The molecule has 4 rings (SSSR count). The molecule has 0 N–H and O–H groups in total. The van der Waals surface area contributed by atoms with E-state index in [0.29, 0.717) is 25.5 Å². The number of hydrogen-bond acceptors (Lipinski definition) is 4. The zero-order valence-corrected chi connectivity index (χ0v) is 14.2. The molecule has 1 saturated carbocycles. The lowest BCUT2D eigenvalue weighted by molar-refractivity contribution is 0.0640. The number of aryl methyl sites for hydroxylation is 1. The van der Waals surface area contributed by atoms with Gasteiger partial charge < -0.3 is 18.6 Å². The molecule has 1 aliphatic carbocycles. The second-order valence-corrected chi connectivity index (χ2v) is 6.92. The molecule has 0 aromatic carbocycles. The third kappa shape index (κ3) is 2.86. The molecule has 0 radical (unpaired) electrons. The summed E-state index contributed by atoms with van der Waals surface area (Å²) in [6.07, 6.45) is 4.55. The average Bonchev–Trinajstić information content (AvgIpc) is 3.13. The molecule has 24 heavy (non-hydrogen) atoms. The fraction of sp³-hybridized carbons (Fsp3) is 0.556. The van der Waals surface area contributed by atoms with Crippen molar-refractivity contribution in [3.05, 3.63) is 41.4 Å². The van der Waals surface area contributed by atoms with Crippen molar-refractivity contribution in [2.24, 2.45) is 5.92 Å². The van der Waals surface area contributed by atoms with Gasteiger partial charge in [0.1, 0.15) is 5.76 Å². The van der Waals surface area contributed by atoms with Gasteiger partial charge in [-0.15, -0.1) is 0 Å². The molecule has 1 aliphatic heterocycles. The first kappa shape index (κ1) is 15.4. The van der Waals surface area contributed by atoms with Crippen molar-refractivity contribution in [3.63, 3.8) is 0 Å². The lowest BCUT2D eigenvalue weighted by Crippen LogP contribution is -2.40. The number of carbonyl (C=O) groups is 1. The van der Waals surface area contributed by atoms with Gasteiger partial charge in [0, 0.05) is 31.8 Å². The topological polar surface area (TPSA) is 60.5 Å². The van der Waals surface area contributed by atoms with E-state index in [1.54, 1.807) is 13.2 Å². The molecular weight excluding hydrogens is 306 g/mol. The lowest BCUT2D eigenvalue weighted by atomic mass is 9.98. The van der Waals surface area contributed by atoms with Crippen molar-refractivity contribution in [3.8, 4) is 0 Å². The fourth-order valence-electron chi connectivity index (χ4n) is 3.54. The Morgan fingerprint density at radius 2 is 2.25 bits per heavy atom. The first-order valence-corrected chi connectivity index (χ1v) is 8.54. The lowest BCUT2D eigenvalue weighted by Gasteiger charge is -2.32. The minimum Gasteiger partial charge on any atom is -0.456 e. The molecule has 1 amide bonds. The number of hydrogen-bond donors (Lipinski definition) is 0. The highest BCUT2D eigenvalue weighted by atomic mass is 16.5. The molecule has 128 valence electrons. The van der Waals surface area contributed by atoms with Gasteiger partial charge in [-0.05, 0) is 37.8 Å². The van der Waals surface area contributed by atoms with Gasteiger partial charge in [0.25, 0.3) is 5.91 Å². The summed E-state index contributed by atoms with van der Waals surface area (Å²) in [7, 11) is 1.71. The zero-order valence-electron chi connectivity index (χ0n) is 14.2. The zero-order chi connectivity index (χ0) is 16.7. The first-order valence-electron chi connectivity index (χ1n) is 8.54. The Hall–Kier alpha value is -2.08. The second kappa shape index (κ2) is 6.09. The van der Waals surface area contributed by atoms with Gasteiger partial charge >= 0.3 is 0 Å². The number of rotatable bonds is 5. The normalized spacial score (nSPS) is 20.2. The largest absolute Gasteiger partial charge is 0.456 e. The van der Waals surface area contributed by atoms with Crippen LogP contribution in [0.2, 0.25) is 0 Å². The predicted octanol–water partition coefficient (Wildman–Crippen LogP) is 2.58. The van der Waals surface area contributed by atoms with Crippen LogP contribution < -0.4 is 0 Å². The third-order valence-electron chi connectivity index (χ3n) is 4.88. The maximum absolute atomic E-state index is 12.7. The fourth-order valence-corrected chi connectivity index (χ4v) is 3.54. The summed E-state index contributed by atoms with van der Waals surface area (Å²) in [5.41, 5.74) is 2.23. The smallest absolute Gasteiger partial charge is 0.289 e. The van der Waals surface area contributed by atoms with Gasteiger partial charge in [0.05, 0.1) is 25.2 Å². The Bertz CT molecular complexity index is 745. The molecule has 2 aromatic rings. The summed E-state index contributed by atoms with van der Waals surface area (Å²) >= 11 is 0. The van der Waals surface area contributed by atoms with Crippen LogP contribution in [-0.2, 0) is 17.8 Å². The average molecular weight is 329 g/mol. The van der Waals surface area contributed by atoms with Crippen molar-refractivity contribution in [1.82, 2.24) is 14.5 Å². The van der Waals surface area contributed by atoms with E-state index in [1.807, 2.05) is 24.2 Å². The number of furan rings is 1. The SMILES string of the molecule is COC[C@H]1CN(C(=O)c2ccc(C)o2)Cc2ncn(CC3CC3)c21. The Morgan fingerprint density at radius 3 is 2.92 bits per heavy atom. The molecular formula is C18H23N3O3. The minimum atomic E-state index is -0.0772. The molecule has 6 heteroatoms. The van der Waals surface area contributed by atoms with Gasteiger partial charge in [-0.3, -0.25) is 4.79 Å². The Kier molecular flexibility index (Phi) is 3.92. The van der Waals surface area contributed by atoms with Crippen LogP contribution in [0.5, 0.6) is 0 Å². The molecule has 2 aromatic heterocycles. The van der Waals surface area contributed by atoms with Gasteiger partial charge in [0.2, 0.25) is 0 Å². The van der Waals surface area contributed by atoms with E-state index >= 15 is 0 Å². The monoisotopic (exact) mass is 329 g/mol. The van der Waals surface area contributed by atoms with E-state index in [1.165, 1.54) is 18.5 Å². The van der Waals surface area contributed by atoms with Crippen molar-refractivity contribution < 1.29 is 13.9 Å². The van der Waals surface area contributed by atoms with Crippen molar-refractivity contribution in [1.29, 1.82) is 0 Å². The second-order valence-electron chi connectivity index (χ2n) is 6.92. The summed E-state index contributed by atoms with van der Waals surface area (Å²) in [4.78, 5) is 19.1. The number of methoxy groups -OCH3 is 1. The maximum atomic E-state index is 12.7. The summed E-state index contributed by atoms with van der Waals surface area (Å²) < 4.78 is 13.2. The Balaban J connectivity index is 1.59. The standard InChI is InChI=1S/C18H23N3O3/c1-12-3-6-16(24-12)18(22)20-8-14(10-23-2)17-15(9-20)19-11-21(17)7-13-4-5-13/h3,6,11,13-14H,4-5,7-10H2,1-2H3/t14-/m1/s1. The minimum absolute atomic E-state index is 0.0772. The number of nitrogens with zero attached hydrogens (tertiary/aromatic N) is 3. The summed E-state index contributed by atoms with van der Waals surface area (Å²) in [6.45, 7) is 4.64. The van der Waals surface area contributed by atoms with Crippen LogP contribution in [0.25, 0.3) is 0 Å². The molecule has 1 atom stereocenters. The highest BCUT2D eigenvalue weighted by Crippen LogP contribution is 2.34. The highest BCUT2D eigenvalue weighted by molar-refractivity contribution is 5.91. The van der Waals surface area contributed by atoms with Crippen molar-refractivity contribution in [2.75, 3.05) is 20.3 Å². The Labute approximate surface area is 141 Å². The molecule has 0 unspecified atom stereocenters. The number of amides is 1. The summed E-state index contributed by atoms with van der Waals surface area (Å²) in [5.74, 6) is 2.01. The van der Waals surface area contributed by atoms with Crippen molar-refractivity contribution in [2.45, 2.75) is 38.8 Å². The van der Waals surface area contributed by atoms with E-state index < -0.39 is 0 Å². The highest BCUT2D eigenvalue weighted by Gasteiger charge is 2.34. The van der Waals surface area contributed by atoms with Crippen LogP contribution in [0, 0.1) is 12.8 Å². The number of aromatic nitrogens is 2. The van der Waals surface area contributed by atoms with E-state index in [0.717, 1.165) is 23.9 Å². The van der Waals surface area contributed by atoms with Gasteiger partial charge in [-0.1, -0.05) is 0 Å². The van der Waals surface area contributed by atoms with Crippen LogP contribution in [0.1, 0.15) is 46.5 Å². The number of imidazole rings is 1. The number of fused-ring (bicyclic) bond motifs is 1. The van der Waals surface area contributed by atoms with Crippen LogP contribution in [-0.4, -0.2) is 40.6 Å². The Morgan fingerprint density at radius 1 is 1.42 bits per heavy atom. The van der Waals surface area contributed by atoms with Crippen LogP contribution in [0.3, 0.4) is 0 Å². The number of ether oxygens (including phenoxy) is 1. The van der Waals surface area contributed by atoms with E-state index in [-0.39, 0.29) is 11.8 Å². The summed E-state index contributed by atoms with van der Waals surface area (Å²) in [6, 6.07) is 3.56. The molecule has 0 bridgehead atoms. The molecule has 1 fully saturated rings. The quantitative estimate of drug-likeness (QED) is 0.846. The van der Waals surface area contributed by atoms with Crippen molar-refractivity contribution >= 4 is 5.91 Å². The molecule has 0 saturated heterocycles. The molecule has 3 heterocycles. The van der Waals surface area contributed by atoms with Crippen LogP contribution in [0.15, 0.2) is 22.9 Å². The van der Waals surface area contributed by atoms with E-state index in [2.05, 4.69) is 9.55 Å². The van der Waals surface area contributed by atoms with Gasteiger partial charge in [-0.25, -0.2) is 4.98 Å². The van der Waals surface area contributed by atoms with Crippen LogP contribution >= 0.6 is 0 Å². The maximum Gasteiger partial charge on any atom is 0.289 e. The molecule has 0 spiro atoms. The third-order valence-corrected chi connectivity index (χ3v) is 4.88.